The van der Waals surface area contributed by atoms with Gasteiger partial charge in [0.15, 0.2) is 0 Å². The average molecular weight is 380 g/mol. The Bertz CT molecular complexity index is 321. The minimum atomic E-state index is -0.185. The molecule has 156 valence electrons. The first kappa shape index (κ1) is 23.7. The number of epoxide rings is 2. The zero-order chi connectivity index (χ0) is 19.5. The first-order chi connectivity index (χ1) is 12.3. The van der Waals surface area contributed by atoms with Crippen molar-refractivity contribution >= 4 is 0 Å². The van der Waals surface area contributed by atoms with E-state index in [2.05, 4.69) is 27.7 Å². The van der Waals surface area contributed by atoms with Crippen LogP contribution in [-0.2, 0) is 28.4 Å². The van der Waals surface area contributed by atoms with Gasteiger partial charge in [-0.15, -0.1) is 0 Å². The highest BCUT2D eigenvalue weighted by atomic mass is 16.6. The van der Waals surface area contributed by atoms with E-state index in [0.29, 0.717) is 39.6 Å². The van der Waals surface area contributed by atoms with Crippen LogP contribution in [0.3, 0.4) is 0 Å². The van der Waals surface area contributed by atoms with Crippen molar-refractivity contribution in [2.75, 3.05) is 66.1 Å². The lowest BCUT2D eigenvalue weighted by molar-refractivity contribution is -0.142. The van der Waals surface area contributed by atoms with Crippen molar-refractivity contribution in [3.63, 3.8) is 0 Å². The second-order valence-corrected chi connectivity index (χ2v) is 7.24. The van der Waals surface area contributed by atoms with E-state index in [1.54, 1.807) is 0 Å². The third kappa shape index (κ3) is 10.7. The summed E-state index contributed by atoms with van der Waals surface area (Å²) in [5.41, 5.74) is -0.370. The van der Waals surface area contributed by atoms with Crippen LogP contribution in [0.5, 0.6) is 0 Å². The molecule has 2 unspecified atom stereocenters. The van der Waals surface area contributed by atoms with Gasteiger partial charge in [-0.25, -0.2) is 0 Å². The first-order valence-electron chi connectivity index (χ1n) is 9.22. The van der Waals surface area contributed by atoms with Gasteiger partial charge in [0.25, 0.3) is 0 Å². The summed E-state index contributed by atoms with van der Waals surface area (Å²) in [5, 5.41) is 16.7. The van der Waals surface area contributed by atoms with Crippen molar-refractivity contribution in [1.82, 2.24) is 0 Å². The molecular formula is C18H36O8. The lowest BCUT2D eigenvalue weighted by atomic mass is 10.0. The molecule has 0 bridgehead atoms. The molecule has 0 aromatic carbocycles. The summed E-state index contributed by atoms with van der Waals surface area (Å²) in [7, 11) is 0. The zero-order valence-electron chi connectivity index (χ0n) is 16.6. The number of rotatable bonds is 14. The normalized spacial score (nSPS) is 21.9. The smallest absolute Gasteiger partial charge is 0.109 e. The van der Waals surface area contributed by atoms with E-state index < -0.39 is 0 Å². The number of hydrogen-bond donors (Lipinski definition) is 2. The van der Waals surface area contributed by atoms with E-state index in [1.165, 1.54) is 0 Å². The second-order valence-electron chi connectivity index (χ2n) is 7.24. The predicted molar refractivity (Wildman–Crippen MR) is 95.4 cm³/mol. The van der Waals surface area contributed by atoms with Crippen LogP contribution in [-0.4, -0.2) is 99.7 Å². The van der Waals surface area contributed by atoms with Crippen molar-refractivity contribution < 1.29 is 38.6 Å². The molecule has 2 fully saturated rings. The van der Waals surface area contributed by atoms with Crippen LogP contribution in [0.2, 0.25) is 0 Å². The molecule has 0 aliphatic carbocycles. The van der Waals surface area contributed by atoms with Crippen molar-refractivity contribution in [1.29, 1.82) is 0 Å². The van der Waals surface area contributed by atoms with Crippen molar-refractivity contribution in [3.05, 3.63) is 0 Å². The molecule has 2 atom stereocenters. The highest BCUT2D eigenvalue weighted by Gasteiger charge is 2.49. The van der Waals surface area contributed by atoms with E-state index >= 15 is 0 Å². The van der Waals surface area contributed by atoms with E-state index in [4.69, 9.17) is 38.6 Å². The van der Waals surface area contributed by atoms with Crippen LogP contribution in [0.25, 0.3) is 0 Å². The van der Waals surface area contributed by atoms with Gasteiger partial charge >= 0.3 is 0 Å². The number of aliphatic hydroxyl groups is 2. The van der Waals surface area contributed by atoms with Crippen molar-refractivity contribution in [2.45, 2.75) is 51.1 Å². The molecule has 26 heavy (non-hydrogen) atoms. The molecule has 2 N–H and O–H groups in total. The molecule has 8 heteroatoms. The highest BCUT2D eigenvalue weighted by molar-refractivity contribution is 4.95. The molecule has 8 nitrogen and oxygen atoms in total. The fourth-order valence-corrected chi connectivity index (χ4v) is 2.38. The fraction of sp³-hybridized carbons (Fsp3) is 1.00. The van der Waals surface area contributed by atoms with Crippen LogP contribution < -0.4 is 0 Å². The molecule has 0 spiro atoms. The van der Waals surface area contributed by atoms with Gasteiger partial charge in [-0.3, -0.25) is 0 Å². The summed E-state index contributed by atoms with van der Waals surface area (Å²) >= 11 is 0. The monoisotopic (exact) mass is 380 g/mol. The van der Waals surface area contributed by atoms with Gasteiger partial charge in [-0.1, -0.05) is 0 Å². The summed E-state index contributed by atoms with van der Waals surface area (Å²) in [5.74, 6) is 0. The van der Waals surface area contributed by atoms with E-state index in [9.17, 15) is 0 Å². The third-order valence-corrected chi connectivity index (χ3v) is 3.96. The summed E-state index contributed by atoms with van der Waals surface area (Å²) in [6.07, 6.45) is 0.538. The largest absolute Gasteiger partial charge is 0.394 e. The molecule has 2 heterocycles. The molecule has 0 amide bonds. The van der Waals surface area contributed by atoms with Crippen molar-refractivity contribution in [2.24, 2.45) is 0 Å². The first-order valence-corrected chi connectivity index (χ1v) is 9.22. The lowest BCUT2D eigenvalue weighted by Crippen LogP contribution is -2.44. The minimum absolute atomic E-state index is 0.0413. The molecular weight excluding hydrogens is 344 g/mol. The van der Waals surface area contributed by atoms with Crippen LogP contribution in [0.1, 0.15) is 27.7 Å². The molecule has 0 saturated carbocycles. The van der Waals surface area contributed by atoms with Gasteiger partial charge in [0.2, 0.25) is 0 Å². The third-order valence-electron chi connectivity index (χ3n) is 3.96. The standard InChI is InChI=1S/C10H18O3.C8H18O5/c1-9(2,7-5-11-7)13-10(3,4)8-6-12-8;9-1-3-11-5-7-13-8-6-12-4-2-10/h7-8H,5-6H2,1-4H3;9-10H,1-8H2. The summed E-state index contributed by atoms with van der Waals surface area (Å²) in [4.78, 5) is 0. The van der Waals surface area contributed by atoms with Crippen LogP contribution in [0, 0.1) is 0 Å². The topological polar surface area (TPSA) is 102 Å². The molecule has 0 radical (unpaired) electrons. The number of hydrogen-bond acceptors (Lipinski definition) is 8. The Labute approximate surface area is 156 Å². The van der Waals surface area contributed by atoms with Gasteiger partial charge < -0.3 is 38.6 Å². The fourth-order valence-electron chi connectivity index (χ4n) is 2.38. The summed E-state index contributed by atoms with van der Waals surface area (Å²) < 4.78 is 31.6. The van der Waals surface area contributed by atoms with E-state index in [-0.39, 0.29) is 36.6 Å². The average Bonchev–Trinajstić information content (AvgIpc) is 3.43. The molecule has 2 rings (SSSR count). The van der Waals surface area contributed by atoms with Crippen LogP contribution in [0.15, 0.2) is 0 Å². The summed E-state index contributed by atoms with van der Waals surface area (Å²) in [6, 6.07) is 0. The Balaban J connectivity index is 0.000000260. The molecule has 2 saturated heterocycles. The van der Waals surface area contributed by atoms with Gasteiger partial charge in [-0.05, 0) is 27.7 Å². The van der Waals surface area contributed by atoms with Gasteiger partial charge in [-0.2, -0.15) is 0 Å². The van der Waals surface area contributed by atoms with Crippen LogP contribution >= 0.6 is 0 Å². The maximum Gasteiger partial charge on any atom is 0.109 e. The lowest BCUT2D eigenvalue weighted by Gasteiger charge is -2.34. The van der Waals surface area contributed by atoms with Gasteiger partial charge in [0.05, 0.1) is 77.3 Å². The number of aliphatic hydroxyl groups excluding tert-OH is 2. The maximum absolute atomic E-state index is 8.36. The molecule has 2 aliphatic rings. The molecule has 0 aromatic heterocycles. The quantitative estimate of drug-likeness (QED) is 0.329. The van der Waals surface area contributed by atoms with Gasteiger partial charge in [0.1, 0.15) is 12.2 Å². The summed E-state index contributed by atoms with van der Waals surface area (Å²) in [6.45, 7) is 12.7. The van der Waals surface area contributed by atoms with E-state index in [0.717, 1.165) is 13.2 Å². The zero-order valence-corrected chi connectivity index (χ0v) is 16.6. The van der Waals surface area contributed by atoms with Crippen molar-refractivity contribution in [3.8, 4) is 0 Å². The maximum atomic E-state index is 8.36. The van der Waals surface area contributed by atoms with Crippen LogP contribution in [0.4, 0.5) is 0 Å². The van der Waals surface area contributed by atoms with Gasteiger partial charge in [0, 0.05) is 0 Å². The SMILES string of the molecule is CC(C)(OC(C)(C)C1CO1)C1CO1.OCCOCCOCCOCCO. The molecule has 2 aliphatic heterocycles. The Morgan fingerprint density at radius 3 is 1.27 bits per heavy atom. The highest BCUT2D eigenvalue weighted by Crippen LogP contribution is 2.36. The Morgan fingerprint density at radius 2 is 1.00 bits per heavy atom. The Morgan fingerprint density at radius 1 is 0.692 bits per heavy atom. The minimum Gasteiger partial charge on any atom is -0.394 e. The Hall–Kier alpha value is -0.320. The second kappa shape index (κ2) is 12.2. The number of ether oxygens (including phenoxy) is 6. The van der Waals surface area contributed by atoms with E-state index in [1.807, 2.05) is 0 Å². The predicted octanol–water partition coefficient (Wildman–Crippen LogP) is 0.379. The molecule has 0 aromatic rings. The Kier molecular flexibility index (Phi) is 11.1.